The molecule has 0 aliphatic heterocycles. The van der Waals surface area contributed by atoms with E-state index >= 15 is 0 Å². The summed E-state index contributed by atoms with van der Waals surface area (Å²) in [6.45, 7) is 3.07. The number of nitrogens with one attached hydrogen (secondary N) is 1. The van der Waals surface area contributed by atoms with E-state index in [2.05, 4.69) is 30.4 Å². The summed E-state index contributed by atoms with van der Waals surface area (Å²) in [6.07, 6.45) is 0.805. The molecule has 1 N–H and O–H groups in total. The summed E-state index contributed by atoms with van der Waals surface area (Å²) in [6, 6.07) is 13.6. The van der Waals surface area contributed by atoms with Crippen molar-refractivity contribution in [2.24, 2.45) is 0 Å². The quantitative estimate of drug-likeness (QED) is 0.833. The van der Waals surface area contributed by atoms with Crippen LogP contribution < -0.4 is 5.32 Å². The van der Waals surface area contributed by atoms with Crippen LogP contribution in [0.25, 0.3) is 0 Å². The van der Waals surface area contributed by atoms with E-state index in [0.717, 1.165) is 12.0 Å². The number of nitrogens with zero attached hydrogens (tertiary/aromatic N) is 1. The van der Waals surface area contributed by atoms with Crippen LogP contribution in [-0.2, 0) is 13.0 Å². The molecule has 2 aromatic carbocycles. The number of halogens is 2. The van der Waals surface area contributed by atoms with Gasteiger partial charge in [-0.05, 0) is 30.5 Å². The smallest absolute Gasteiger partial charge is 0.317 e. The molecule has 0 unspecified atom stereocenters. The monoisotopic (exact) mass is 350 g/mol. The van der Waals surface area contributed by atoms with Crippen molar-refractivity contribution in [3.05, 3.63) is 69.2 Å². The summed E-state index contributed by atoms with van der Waals surface area (Å²) in [5, 5.41) is 3.91. The molecular formula is C18H20Cl2N2O. The number of urea groups is 1. The van der Waals surface area contributed by atoms with Gasteiger partial charge in [-0.1, -0.05) is 65.2 Å². The second-order valence-electron chi connectivity index (χ2n) is 5.54. The van der Waals surface area contributed by atoms with Gasteiger partial charge < -0.3 is 10.2 Å². The lowest BCUT2D eigenvalue weighted by molar-refractivity contribution is 0.207. The van der Waals surface area contributed by atoms with Crippen molar-refractivity contribution < 1.29 is 4.79 Å². The summed E-state index contributed by atoms with van der Waals surface area (Å²) in [5.41, 5.74) is 3.27. The van der Waals surface area contributed by atoms with E-state index < -0.39 is 0 Å². The predicted molar refractivity (Wildman–Crippen MR) is 96.2 cm³/mol. The van der Waals surface area contributed by atoms with E-state index in [-0.39, 0.29) is 6.03 Å². The van der Waals surface area contributed by atoms with Gasteiger partial charge in [-0.15, -0.1) is 0 Å². The largest absolute Gasteiger partial charge is 0.338 e. The first-order valence-electron chi connectivity index (χ1n) is 7.45. The van der Waals surface area contributed by atoms with Crippen LogP contribution in [0.15, 0.2) is 42.5 Å². The molecule has 23 heavy (non-hydrogen) atoms. The Kier molecular flexibility index (Phi) is 6.31. The van der Waals surface area contributed by atoms with Gasteiger partial charge in [0, 0.05) is 20.1 Å². The number of benzene rings is 2. The third kappa shape index (κ3) is 5.15. The SMILES string of the molecule is Cc1cccc(CCNC(=O)N(C)Cc2cccc(Cl)c2Cl)c1. The van der Waals surface area contributed by atoms with Crippen LogP contribution >= 0.6 is 23.2 Å². The molecule has 5 heteroatoms. The van der Waals surface area contributed by atoms with Crippen molar-refractivity contribution in [1.82, 2.24) is 10.2 Å². The van der Waals surface area contributed by atoms with Crippen LogP contribution in [-0.4, -0.2) is 24.5 Å². The summed E-state index contributed by atoms with van der Waals surface area (Å²) in [4.78, 5) is 13.7. The fourth-order valence-electron chi connectivity index (χ4n) is 2.31. The molecule has 0 saturated heterocycles. The van der Waals surface area contributed by atoms with Gasteiger partial charge in [0.2, 0.25) is 0 Å². The minimum Gasteiger partial charge on any atom is -0.338 e. The zero-order valence-electron chi connectivity index (χ0n) is 13.3. The lowest BCUT2D eigenvalue weighted by atomic mass is 10.1. The number of aryl methyl sites for hydroxylation is 1. The molecule has 0 aliphatic rings. The van der Waals surface area contributed by atoms with E-state index in [1.807, 2.05) is 18.2 Å². The third-order valence-electron chi connectivity index (χ3n) is 3.56. The molecule has 0 radical (unpaired) electrons. The first-order chi connectivity index (χ1) is 11.0. The summed E-state index contributed by atoms with van der Waals surface area (Å²) < 4.78 is 0. The van der Waals surface area contributed by atoms with Gasteiger partial charge >= 0.3 is 6.03 Å². The van der Waals surface area contributed by atoms with E-state index in [4.69, 9.17) is 23.2 Å². The number of rotatable bonds is 5. The van der Waals surface area contributed by atoms with Crippen molar-refractivity contribution in [2.75, 3.05) is 13.6 Å². The highest BCUT2D eigenvalue weighted by atomic mass is 35.5. The molecule has 0 saturated carbocycles. The molecular weight excluding hydrogens is 331 g/mol. The number of hydrogen-bond acceptors (Lipinski definition) is 1. The maximum atomic E-state index is 12.1. The van der Waals surface area contributed by atoms with Crippen LogP contribution in [0.2, 0.25) is 10.0 Å². The Balaban J connectivity index is 1.84. The van der Waals surface area contributed by atoms with Crippen molar-refractivity contribution in [3.63, 3.8) is 0 Å². The summed E-state index contributed by atoms with van der Waals surface area (Å²) >= 11 is 12.1. The molecule has 0 aromatic heterocycles. The lowest BCUT2D eigenvalue weighted by Crippen LogP contribution is -2.37. The molecule has 2 rings (SSSR count). The van der Waals surface area contributed by atoms with Gasteiger partial charge in [0.1, 0.15) is 0 Å². The first-order valence-corrected chi connectivity index (χ1v) is 8.20. The molecule has 0 aliphatic carbocycles. The van der Waals surface area contributed by atoms with Crippen molar-refractivity contribution in [3.8, 4) is 0 Å². The van der Waals surface area contributed by atoms with Crippen molar-refractivity contribution in [1.29, 1.82) is 0 Å². The molecule has 0 spiro atoms. The number of carbonyl (C=O) groups is 1. The van der Waals surface area contributed by atoms with Gasteiger partial charge in [0.05, 0.1) is 10.0 Å². The second kappa shape index (κ2) is 8.23. The zero-order chi connectivity index (χ0) is 16.8. The Bertz CT molecular complexity index is 688. The minimum absolute atomic E-state index is 0.131. The molecule has 0 heterocycles. The van der Waals surface area contributed by atoms with Crippen LogP contribution in [0, 0.1) is 6.92 Å². The normalized spacial score (nSPS) is 10.4. The lowest BCUT2D eigenvalue weighted by Gasteiger charge is -2.19. The average Bonchev–Trinajstić information content (AvgIpc) is 2.51. The molecule has 3 nitrogen and oxygen atoms in total. The fraction of sp³-hybridized carbons (Fsp3) is 0.278. The Morgan fingerprint density at radius 1 is 1.17 bits per heavy atom. The maximum Gasteiger partial charge on any atom is 0.317 e. The van der Waals surface area contributed by atoms with Gasteiger partial charge in [0.15, 0.2) is 0 Å². The van der Waals surface area contributed by atoms with Gasteiger partial charge in [-0.25, -0.2) is 4.79 Å². The van der Waals surface area contributed by atoms with Gasteiger partial charge in [-0.3, -0.25) is 0 Å². The van der Waals surface area contributed by atoms with E-state index in [1.54, 1.807) is 18.0 Å². The predicted octanol–water partition coefficient (Wildman–Crippen LogP) is 4.69. The van der Waals surface area contributed by atoms with Crippen LogP contribution in [0.3, 0.4) is 0 Å². The molecule has 2 aromatic rings. The highest BCUT2D eigenvalue weighted by Gasteiger charge is 2.11. The molecule has 2 amide bonds. The zero-order valence-corrected chi connectivity index (χ0v) is 14.8. The third-order valence-corrected chi connectivity index (χ3v) is 4.42. The highest BCUT2D eigenvalue weighted by molar-refractivity contribution is 6.42. The Labute approximate surface area is 147 Å². The van der Waals surface area contributed by atoms with Crippen LogP contribution in [0.1, 0.15) is 16.7 Å². The van der Waals surface area contributed by atoms with Gasteiger partial charge in [0.25, 0.3) is 0 Å². The average molecular weight is 351 g/mol. The molecule has 0 atom stereocenters. The highest BCUT2D eigenvalue weighted by Crippen LogP contribution is 2.26. The summed E-state index contributed by atoms with van der Waals surface area (Å²) in [5.74, 6) is 0. The van der Waals surface area contributed by atoms with Crippen LogP contribution in [0.5, 0.6) is 0 Å². The fourth-order valence-corrected chi connectivity index (χ4v) is 2.69. The molecule has 122 valence electrons. The van der Waals surface area contributed by atoms with Crippen LogP contribution in [0.4, 0.5) is 4.79 Å². The number of amides is 2. The van der Waals surface area contributed by atoms with E-state index in [1.165, 1.54) is 11.1 Å². The van der Waals surface area contributed by atoms with Crippen molar-refractivity contribution >= 4 is 29.2 Å². The molecule has 0 bridgehead atoms. The Hall–Kier alpha value is -1.71. The Morgan fingerprint density at radius 3 is 2.65 bits per heavy atom. The topological polar surface area (TPSA) is 32.3 Å². The maximum absolute atomic E-state index is 12.1. The van der Waals surface area contributed by atoms with E-state index in [9.17, 15) is 4.79 Å². The number of carbonyl (C=O) groups excluding carboxylic acids is 1. The number of hydrogen-bond donors (Lipinski definition) is 1. The summed E-state index contributed by atoms with van der Waals surface area (Å²) in [7, 11) is 1.74. The van der Waals surface area contributed by atoms with E-state index in [0.29, 0.717) is 23.1 Å². The minimum atomic E-state index is -0.131. The second-order valence-corrected chi connectivity index (χ2v) is 6.33. The molecule has 0 fully saturated rings. The first kappa shape index (κ1) is 17.6. The standard InChI is InChI=1S/C18H20Cl2N2O/c1-13-5-3-6-14(11-13)9-10-21-18(23)22(2)12-15-7-4-8-16(19)17(15)20/h3-8,11H,9-10,12H2,1-2H3,(H,21,23). The van der Waals surface area contributed by atoms with Gasteiger partial charge in [-0.2, -0.15) is 0 Å². The van der Waals surface area contributed by atoms with Crippen molar-refractivity contribution in [2.45, 2.75) is 19.9 Å². The Morgan fingerprint density at radius 2 is 1.91 bits per heavy atom.